The number of aromatic amines is 1. The van der Waals surface area contributed by atoms with Gasteiger partial charge in [-0.15, -0.1) is 0 Å². The van der Waals surface area contributed by atoms with E-state index in [0.717, 1.165) is 42.5 Å². The van der Waals surface area contributed by atoms with Gasteiger partial charge in [0.25, 0.3) is 0 Å². The van der Waals surface area contributed by atoms with Crippen molar-refractivity contribution < 1.29 is 4.39 Å². The molecule has 0 atom stereocenters. The van der Waals surface area contributed by atoms with E-state index in [-0.39, 0.29) is 11.8 Å². The smallest absolute Gasteiger partial charge is 0.229 e. The molecular formula is C22H28ClFN6. The van der Waals surface area contributed by atoms with Crippen LogP contribution in [-0.4, -0.2) is 20.2 Å². The summed E-state index contributed by atoms with van der Waals surface area (Å²) in [5, 5.41) is 13.3. The Bertz CT molecular complexity index is 997. The van der Waals surface area contributed by atoms with Crippen LogP contribution in [0.2, 0.25) is 5.02 Å². The minimum absolute atomic E-state index is 0.249. The minimum atomic E-state index is -0.316. The zero-order valence-electron chi connectivity index (χ0n) is 17.8. The van der Waals surface area contributed by atoms with Gasteiger partial charge in [-0.1, -0.05) is 38.3 Å². The second-order valence-electron chi connectivity index (χ2n) is 7.54. The predicted molar refractivity (Wildman–Crippen MR) is 121 cm³/mol. The largest absolute Gasteiger partial charge is 0.322 e. The summed E-state index contributed by atoms with van der Waals surface area (Å²) in [5.41, 5.74) is 3.38. The number of hydrogen-bond donors (Lipinski definition) is 3. The molecule has 0 fully saturated rings. The Kier molecular flexibility index (Phi) is 7.26. The van der Waals surface area contributed by atoms with E-state index in [2.05, 4.69) is 44.6 Å². The van der Waals surface area contributed by atoms with Gasteiger partial charge >= 0.3 is 0 Å². The quantitative estimate of drug-likeness (QED) is 0.348. The van der Waals surface area contributed by atoms with Gasteiger partial charge in [0.05, 0.1) is 11.9 Å². The van der Waals surface area contributed by atoms with E-state index in [1.54, 1.807) is 6.07 Å². The van der Waals surface area contributed by atoms with Crippen LogP contribution in [0.3, 0.4) is 0 Å². The maximum atomic E-state index is 14.9. The van der Waals surface area contributed by atoms with Crippen molar-refractivity contribution in [3.8, 4) is 0 Å². The highest BCUT2D eigenvalue weighted by Crippen LogP contribution is 2.33. The first-order valence-corrected chi connectivity index (χ1v) is 10.7. The molecule has 0 saturated carbocycles. The molecule has 0 aliphatic heterocycles. The van der Waals surface area contributed by atoms with Crippen molar-refractivity contribution in [2.75, 3.05) is 10.6 Å². The first kappa shape index (κ1) is 22.0. The molecule has 6 nitrogen and oxygen atoms in total. The molecular weight excluding hydrogens is 403 g/mol. The van der Waals surface area contributed by atoms with E-state index in [4.69, 9.17) is 11.6 Å². The number of halogens is 2. The van der Waals surface area contributed by atoms with Gasteiger partial charge in [0.2, 0.25) is 5.95 Å². The monoisotopic (exact) mass is 430 g/mol. The van der Waals surface area contributed by atoms with Crippen LogP contribution >= 0.6 is 11.6 Å². The average molecular weight is 431 g/mol. The molecule has 3 N–H and O–H groups in total. The molecule has 0 radical (unpaired) electrons. The Balaban J connectivity index is 1.83. The molecule has 0 aliphatic carbocycles. The molecule has 2 heterocycles. The highest BCUT2D eigenvalue weighted by atomic mass is 35.5. The average Bonchev–Trinajstić information content (AvgIpc) is 3.11. The summed E-state index contributed by atoms with van der Waals surface area (Å²) in [6, 6.07) is 5.30. The Hall–Kier alpha value is -2.67. The highest BCUT2D eigenvalue weighted by molar-refractivity contribution is 6.32. The van der Waals surface area contributed by atoms with Gasteiger partial charge in [-0.25, -0.2) is 9.37 Å². The van der Waals surface area contributed by atoms with Crippen LogP contribution in [0.25, 0.3) is 0 Å². The molecule has 0 saturated heterocycles. The molecule has 1 aromatic carbocycles. The Labute approximate surface area is 181 Å². The molecule has 0 unspecified atom stereocenters. The number of nitrogens with zero attached hydrogens (tertiary/aromatic N) is 3. The number of anilines is 4. The fourth-order valence-electron chi connectivity index (χ4n) is 3.62. The number of rotatable bonds is 9. The number of aryl methyl sites for hydroxylation is 2. The molecule has 3 aromatic rings. The lowest BCUT2D eigenvalue weighted by atomic mass is 9.87. The van der Waals surface area contributed by atoms with Crippen LogP contribution in [0.5, 0.6) is 0 Å². The minimum Gasteiger partial charge on any atom is -0.322 e. The summed E-state index contributed by atoms with van der Waals surface area (Å²) in [6.07, 6.45) is 5.74. The van der Waals surface area contributed by atoms with Crippen molar-refractivity contribution in [1.29, 1.82) is 0 Å². The molecule has 2 aromatic heterocycles. The van der Waals surface area contributed by atoms with Gasteiger partial charge in [0.15, 0.2) is 11.6 Å². The summed E-state index contributed by atoms with van der Waals surface area (Å²) in [5.74, 6) is 1.29. The first-order valence-electron chi connectivity index (χ1n) is 10.3. The molecule has 0 bridgehead atoms. The number of H-pyrrole nitrogens is 1. The van der Waals surface area contributed by atoms with E-state index in [1.165, 1.54) is 6.20 Å². The zero-order valence-corrected chi connectivity index (χ0v) is 18.6. The summed E-state index contributed by atoms with van der Waals surface area (Å²) in [4.78, 5) is 8.55. The van der Waals surface area contributed by atoms with Crippen molar-refractivity contribution in [3.63, 3.8) is 0 Å². The molecule has 0 amide bonds. The van der Waals surface area contributed by atoms with Crippen molar-refractivity contribution in [2.45, 2.75) is 59.3 Å². The van der Waals surface area contributed by atoms with Gasteiger partial charge in [0, 0.05) is 11.8 Å². The second-order valence-corrected chi connectivity index (χ2v) is 7.95. The van der Waals surface area contributed by atoms with Crippen molar-refractivity contribution in [3.05, 3.63) is 52.1 Å². The lowest BCUT2D eigenvalue weighted by Gasteiger charge is -2.20. The third kappa shape index (κ3) is 5.27. The van der Waals surface area contributed by atoms with E-state index in [9.17, 15) is 4.39 Å². The maximum absolute atomic E-state index is 14.9. The molecule has 0 aliphatic rings. The van der Waals surface area contributed by atoms with Crippen LogP contribution in [0, 0.1) is 19.7 Å². The van der Waals surface area contributed by atoms with Gasteiger partial charge in [0.1, 0.15) is 10.8 Å². The van der Waals surface area contributed by atoms with Crippen LogP contribution in [-0.2, 0) is 0 Å². The fourth-order valence-corrected chi connectivity index (χ4v) is 3.76. The SMILES string of the molecule is CCCC(CCC)c1cc(F)c(Nc2ncc(Cl)c(Nc3cc(C)[nH]n3)n2)cc1C. The van der Waals surface area contributed by atoms with Crippen molar-refractivity contribution in [2.24, 2.45) is 0 Å². The normalized spacial score (nSPS) is 11.2. The number of hydrogen-bond acceptors (Lipinski definition) is 5. The predicted octanol–water partition coefficient (Wildman–Crippen LogP) is 6.78. The van der Waals surface area contributed by atoms with Crippen LogP contribution in [0.15, 0.2) is 24.4 Å². The Morgan fingerprint density at radius 3 is 2.47 bits per heavy atom. The summed E-state index contributed by atoms with van der Waals surface area (Å²) < 4.78 is 14.9. The number of nitrogens with one attached hydrogen (secondary N) is 3. The number of benzene rings is 1. The third-order valence-corrected chi connectivity index (χ3v) is 5.29. The van der Waals surface area contributed by atoms with Gasteiger partial charge in [-0.3, -0.25) is 5.10 Å². The summed E-state index contributed by atoms with van der Waals surface area (Å²) in [7, 11) is 0. The number of aromatic nitrogens is 4. The highest BCUT2D eigenvalue weighted by Gasteiger charge is 2.17. The molecule has 3 rings (SSSR count). The van der Waals surface area contributed by atoms with Crippen molar-refractivity contribution in [1.82, 2.24) is 20.2 Å². The second kappa shape index (κ2) is 9.89. The summed E-state index contributed by atoms with van der Waals surface area (Å²) in [6.45, 7) is 8.25. The van der Waals surface area contributed by atoms with Crippen LogP contribution in [0.1, 0.15) is 62.3 Å². The lowest BCUT2D eigenvalue weighted by Crippen LogP contribution is -2.06. The molecule has 0 spiro atoms. The van der Waals surface area contributed by atoms with E-state index < -0.39 is 0 Å². The maximum Gasteiger partial charge on any atom is 0.229 e. The Morgan fingerprint density at radius 1 is 1.10 bits per heavy atom. The van der Waals surface area contributed by atoms with Crippen LogP contribution < -0.4 is 10.6 Å². The van der Waals surface area contributed by atoms with E-state index in [1.807, 2.05) is 26.0 Å². The van der Waals surface area contributed by atoms with E-state index in [0.29, 0.717) is 28.3 Å². The van der Waals surface area contributed by atoms with Crippen LogP contribution in [0.4, 0.5) is 27.7 Å². The zero-order chi connectivity index (χ0) is 21.7. The van der Waals surface area contributed by atoms with E-state index >= 15 is 0 Å². The topological polar surface area (TPSA) is 78.5 Å². The first-order chi connectivity index (χ1) is 14.4. The standard InChI is InChI=1S/C22H28ClFN6/c1-5-7-15(8-6-2)16-11-18(24)19(9-13(16)3)26-22-25-12-17(23)21(28-22)27-20-10-14(4)29-30-20/h9-12,15H,5-8H2,1-4H3,(H3,25,26,27,28,29,30). The molecule has 30 heavy (non-hydrogen) atoms. The lowest BCUT2D eigenvalue weighted by molar-refractivity contribution is 0.551. The molecule has 160 valence electrons. The van der Waals surface area contributed by atoms with Crippen molar-refractivity contribution >= 4 is 34.9 Å². The van der Waals surface area contributed by atoms with Gasteiger partial charge in [-0.2, -0.15) is 10.1 Å². The fraction of sp³-hybridized carbons (Fsp3) is 0.409. The Morgan fingerprint density at radius 2 is 1.83 bits per heavy atom. The van der Waals surface area contributed by atoms with Gasteiger partial charge in [-0.05, 0) is 55.9 Å². The molecule has 8 heteroatoms. The third-order valence-electron chi connectivity index (χ3n) is 5.01. The summed E-state index contributed by atoms with van der Waals surface area (Å²) >= 11 is 6.20. The van der Waals surface area contributed by atoms with Gasteiger partial charge < -0.3 is 10.6 Å².